The Balaban J connectivity index is 1.28. The number of thiazole rings is 1. The van der Waals surface area contributed by atoms with Crippen LogP contribution in [-0.4, -0.2) is 98.8 Å². The van der Waals surface area contributed by atoms with Crippen LogP contribution in [0.3, 0.4) is 0 Å². The van der Waals surface area contributed by atoms with Gasteiger partial charge in [-0.15, -0.1) is 34.7 Å². The maximum absolute atomic E-state index is 14.5. The second-order valence-electron chi connectivity index (χ2n) is 17.3. The smallest absolute Gasteiger partial charge is 0.356 e. The van der Waals surface area contributed by atoms with Gasteiger partial charge in [-0.2, -0.15) is 0 Å². The second kappa shape index (κ2) is 22.4. The van der Waals surface area contributed by atoms with Crippen LogP contribution in [0.1, 0.15) is 81.5 Å². The lowest BCUT2D eigenvalue weighted by Gasteiger charge is -2.49. The fourth-order valence-corrected chi connectivity index (χ4v) is 9.62. The van der Waals surface area contributed by atoms with Crippen molar-refractivity contribution in [3.63, 3.8) is 0 Å². The summed E-state index contributed by atoms with van der Waals surface area (Å²) in [6.07, 6.45) is -3.60. The lowest BCUT2D eigenvalue weighted by Crippen LogP contribution is -2.71. The molecule has 0 aliphatic carbocycles. The number of esters is 4. The second-order valence-corrected chi connectivity index (χ2v) is 20.4. The quantitative estimate of drug-likeness (QED) is 0.0257. The van der Waals surface area contributed by atoms with Crippen molar-refractivity contribution in [3.05, 3.63) is 128 Å². The summed E-state index contributed by atoms with van der Waals surface area (Å²) >= 11 is 15.2. The van der Waals surface area contributed by atoms with E-state index in [1.165, 1.54) is 23.8 Å². The minimum Gasteiger partial charge on any atom is -0.497 e. The number of carbonyl (C=O) groups is 6. The highest BCUT2D eigenvalue weighted by Gasteiger charge is 2.55. The summed E-state index contributed by atoms with van der Waals surface area (Å²) in [5, 5.41) is 6.04. The fraction of sp³-hybridized carbons (Fsp3) is 0.375. The van der Waals surface area contributed by atoms with Crippen LogP contribution in [0.15, 0.2) is 101 Å². The number of halogens is 2. The first kappa shape index (κ1) is 51.4. The number of thioether (sulfide) groups is 1. The summed E-state index contributed by atoms with van der Waals surface area (Å²) in [7, 11) is 1.51. The van der Waals surface area contributed by atoms with Gasteiger partial charge in [-0.3, -0.25) is 24.1 Å². The molecule has 2 amide bonds. The SMILES string of the molecule is COc1ccc(COC(=O)[C@H](CC(=O)OC(C)(C)C)O/N=C(\C(=O)N[C@@H]2C(=O)N3C(C(=O)OC(c4ccccc4)c4ccccc4)=C(CCl)CS[C@H]23)c2nc(CC(=O)OC(C)(C)C)sc2Cl)cc1. The molecule has 6 rings (SSSR count). The summed E-state index contributed by atoms with van der Waals surface area (Å²) in [5.74, 6) is -4.28. The number of methoxy groups -OCH3 is 1. The Morgan fingerprint density at radius 3 is 2.06 bits per heavy atom. The molecule has 0 radical (unpaired) electrons. The van der Waals surface area contributed by atoms with Gasteiger partial charge >= 0.3 is 23.9 Å². The number of nitrogens with one attached hydrogen (secondary N) is 1. The number of hydrogen-bond donors (Lipinski definition) is 1. The van der Waals surface area contributed by atoms with Crippen LogP contribution in [0.4, 0.5) is 0 Å². The van der Waals surface area contributed by atoms with Gasteiger partial charge < -0.3 is 33.8 Å². The summed E-state index contributed by atoms with van der Waals surface area (Å²) in [5.41, 5.74) is -0.239. The summed E-state index contributed by atoms with van der Waals surface area (Å²) in [4.78, 5) is 93.6. The topological polar surface area (TPSA) is 198 Å². The number of amides is 2. The van der Waals surface area contributed by atoms with E-state index in [0.29, 0.717) is 28.0 Å². The van der Waals surface area contributed by atoms with E-state index in [1.807, 2.05) is 60.7 Å². The van der Waals surface area contributed by atoms with Crippen LogP contribution in [0.2, 0.25) is 4.34 Å². The monoisotopic (exact) mass is 1010 g/mol. The van der Waals surface area contributed by atoms with E-state index in [0.717, 1.165) is 11.3 Å². The van der Waals surface area contributed by atoms with Crippen LogP contribution in [-0.2, 0) is 65.6 Å². The Labute approximate surface area is 411 Å². The third kappa shape index (κ3) is 13.4. The Morgan fingerprint density at radius 2 is 1.49 bits per heavy atom. The van der Waals surface area contributed by atoms with Crippen molar-refractivity contribution in [1.82, 2.24) is 15.2 Å². The van der Waals surface area contributed by atoms with E-state index in [2.05, 4.69) is 15.5 Å². The third-order valence-corrected chi connectivity index (χ3v) is 12.7. The van der Waals surface area contributed by atoms with E-state index in [-0.39, 0.29) is 45.4 Å². The molecule has 20 heteroatoms. The molecule has 2 aliphatic rings. The van der Waals surface area contributed by atoms with Crippen LogP contribution < -0.4 is 10.1 Å². The Kier molecular flexibility index (Phi) is 17.0. The number of rotatable bonds is 18. The number of nitrogens with zero attached hydrogens (tertiary/aromatic N) is 3. The van der Waals surface area contributed by atoms with Gasteiger partial charge in [-0.1, -0.05) is 89.6 Å². The first-order valence-corrected chi connectivity index (χ1v) is 24.0. The molecule has 360 valence electrons. The zero-order chi connectivity index (χ0) is 49.3. The number of aromatic nitrogens is 1. The van der Waals surface area contributed by atoms with Crippen molar-refractivity contribution < 1.29 is 57.3 Å². The summed E-state index contributed by atoms with van der Waals surface area (Å²) in [6, 6.07) is 23.7. The van der Waals surface area contributed by atoms with Gasteiger partial charge in [0.1, 0.15) is 55.7 Å². The van der Waals surface area contributed by atoms with Crippen molar-refractivity contribution in [1.29, 1.82) is 0 Å². The fourth-order valence-electron chi connectivity index (χ4n) is 6.77. The Hall–Kier alpha value is -5.95. The molecule has 0 saturated carbocycles. The molecule has 3 atom stereocenters. The molecule has 0 unspecified atom stereocenters. The molecule has 1 aromatic heterocycles. The number of oxime groups is 1. The number of alkyl halides is 1. The molecule has 0 spiro atoms. The van der Waals surface area contributed by atoms with Crippen molar-refractivity contribution in [3.8, 4) is 5.75 Å². The minimum absolute atomic E-state index is 0.0409. The zero-order valence-corrected chi connectivity index (χ0v) is 41.4. The van der Waals surface area contributed by atoms with E-state index >= 15 is 0 Å². The highest BCUT2D eigenvalue weighted by molar-refractivity contribution is 8.00. The average molecular weight is 1010 g/mol. The first-order chi connectivity index (χ1) is 32.2. The highest BCUT2D eigenvalue weighted by Crippen LogP contribution is 2.42. The van der Waals surface area contributed by atoms with E-state index < -0.39 is 82.6 Å². The van der Waals surface area contributed by atoms with Crippen molar-refractivity contribution in [2.24, 2.45) is 5.16 Å². The maximum atomic E-state index is 14.5. The van der Waals surface area contributed by atoms with Crippen molar-refractivity contribution in [2.45, 2.75) is 95.8 Å². The molecule has 1 saturated heterocycles. The molecular weight excluding hydrogens is 960 g/mol. The molecule has 68 heavy (non-hydrogen) atoms. The molecule has 0 bridgehead atoms. The van der Waals surface area contributed by atoms with Gasteiger partial charge in [0, 0.05) is 11.6 Å². The van der Waals surface area contributed by atoms with Crippen LogP contribution in [0, 0.1) is 0 Å². The Bertz CT molecular complexity index is 2520. The van der Waals surface area contributed by atoms with Crippen molar-refractivity contribution in [2.75, 3.05) is 18.7 Å². The van der Waals surface area contributed by atoms with Gasteiger partial charge in [0.25, 0.3) is 11.8 Å². The predicted octanol–water partition coefficient (Wildman–Crippen LogP) is 7.48. The standard InChI is InChI=1S/C48H50Cl2N4O12S2/c1-47(2,3)64-34(55)22-32(45(59)62-25-27-18-20-31(61-7)21-19-27)66-53-37(36-41(50)68-33(51-36)23-35(56)65-48(4,5)6)42(57)52-38-43(58)54-39(30(24-49)26-67-44(38)54)46(60)63-40(28-14-10-8-11-15-28)29-16-12-9-13-17-29/h8-21,32,38,40,44H,22-26H2,1-7H3,(H,52,57)/b53-37-/t32-,38+,44+/m0/s1. The molecule has 1 fully saturated rings. The average Bonchev–Trinajstić information content (AvgIpc) is 3.65. The van der Waals surface area contributed by atoms with Gasteiger partial charge in [0.05, 0.1) is 20.0 Å². The number of β-lactam (4-membered cyclic amide) rings is 1. The van der Waals surface area contributed by atoms with Gasteiger partial charge in [-0.05, 0) is 75.9 Å². The molecule has 2 aliphatic heterocycles. The normalized spacial score (nSPS) is 16.5. The number of benzene rings is 3. The summed E-state index contributed by atoms with van der Waals surface area (Å²) in [6.45, 7) is 9.79. The molecule has 3 heterocycles. The lowest BCUT2D eigenvalue weighted by atomic mass is 10.0. The van der Waals surface area contributed by atoms with Crippen LogP contribution in [0.25, 0.3) is 0 Å². The predicted molar refractivity (Wildman–Crippen MR) is 255 cm³/mol. The Morgan fingerprint density at radius 1 is 0.882 bits per heavy atom. The minimum atomic E-state index is -1.76. The number of carbonyl (C=O) groups excluding carboxylic acids is 6. The first-order valence-electron chi connectivity index (χ1n) is 21.2. The van der Waals surface area contributed by atoms with Gasteiger partial charge in [-0.25, -0.2) is 14.6 Å². The highest BCUT2D eigenvalue weighted by atomic mass is 35.5. The molecule has 1 N–H and O–H groups in total. The molecule has 3 aromatic carbocycles. The molecule has 4 aromatic rings. The lowest BCUT2D eigenvalue weighted by molar-refractivity contribution is -0.169. The van der Waals surface area contributed by atoms with E-state index in [1.54, 1.807) is 65.8 Å². The molecular formula is C48H50Cl2N4O12S2. The zero-order valence-electron chi connectivity index (χ0n) is 38.2. The van der Waals surface area contributed by atoms with Gasteiger partial charge in [0.2, 0.25) is 6.10 Å². The third-order valence-electron chi connectivity index (χ3n) is 9.75. The number of hydrogen-bond acceptors (Lipinski definition) is 16. The van der Waals surface area contributed by atoms with Crippen molar-refractivity contribution >= 4 is 87.7 Å². The summed E-state index contributed by atoms with van der Waals surface area (Å²) < 4.78 is 27.6. The van der Waals surface area contributed by atoms with E-state index in [4.69, 9.17) is 51.7 Å². The molecule has 16 nitrogen and oxygen atoms in total. The maximum Gasteiger partial charge on any atom is 0.356 e. The van der Waals surface area contributed by atoms with Crippen LogP contribution >= 0.6 is 46.3 Å². The van der Waals surface area contributed by atoms with Crippen LogP contribution in [0.5, 0.6) is 5.75 Å². The van der Waals surface area contributed by atoms with Gasteiger partial charge in [0.15, 0.2) is 11.8 Å². The largest absolute Gasteiger partial charge is 0.497 e. The number of ether oxygens (including phenoxy) is 5. The number of fused-ring (bicyclic) bond motifs is 1. The van der Waals surface area contributed by atoms with E-state index in [9.17, 15) is 28.8 Å².